The van der Waals surface area contributed by atoms with Crippen molar-refractivity contribution in [1.29, 1.82) is 0 Å². The van der Waals surface area contributed by atoms with Crippen molar-refractivity contribution in [2.75, 3.05) is 5.32 Å². The lowest BCUT2D eigenvalue weighted by Crippen LogP contribution is -2.16. The number of aromatic nitrogens is 5. The number of tetrazole rings is 1. The number of carbonyl (C=O) groups excluding carboxylic acids is 1. The highest BCUT2D eigenvalue weighted by molar-refractivity contribution is 6.36. The average Bonchev–Trinajstić information content (AvgIpc) is 2.75. The second kappa shape index (κ2) is 5.07. The largest absolute Gasteiger partial charge is 0.309 e. The third-order valence-electron chi connectivity index (χ3n) is 1.77. The zero-order valence-electron chi connectivity index (χ0n) is 8.31. The summed E-state index contributed by atoms with van der Waals surface area (Å²) in [5.74, 6) is 0.181. The number of amides is 1. The van der Waals surface area contributed by atoms with Crippen molar-refractivity contribution in [3.63, 3.8) is 0 Å². The molecule has 17 heavy (non-hydrogen) atoms. The molecule has 88 valence electrons. The fourth-order valence-corrected chi connectivity index (χ4v) is 1.51. The zero-order chi connectivity index (χ0) is 12.3. The van der Waals surface area contributed by atoms with Gasteiger partial charge in [-0.15, -0.1) is 10.2 Å². The summed E-state index contributed by atoms with van der Waals surface area (Å²) in [4.78, 5) is 15.4. The number of carbonyl (C=O) groups is 1. The Bertz CT molecular complexity index is 529. The molecular weight excluding hydrogens is 267 g/mol. The second-order valence-corrected chi connectivity index (χ2v) is 3.88. The van der Waals surface area contributed by atoms with E-state index in [0.29, 0.717) is 5.02 Å². The molecule has 0 aliphatic rings. The van der Waals surface area contributed by atoms with Crippen molar-refractivity contribution in [1.82, 2.24) is 25.6 Å². The van der Waals surface area contributed by atoms with Gasteiger partial charge in [0.2, 0.25) is 5.91 Å². The summed E-state index contributed by atoms with van der Waals surface area (Å²) in [5, 5.41) is 16.1. The molecule has 0 radical (unpaired) electrons. The Labute approximate surface area is 106 Å². The van der Waals surface area contributed by atoms with Crippen LogP contribution in [0.25, 0.3) is 0 Å². The molecule has 0 saturated carbocycles. The van der Waals surface area contributed by atoms with E-state index in [2.05, 4.69) is 30.9 Å². The van der Waals surface area contributed by atoms with Crippen molar-refractivity contribution >= 4 is 34.9 Å². The Hall–Kier alpha value is -1.73. The Morgan fingerprint density at radius 3 is 2.94 bits per heavy atom. The van der Waals surface area contributed by atoms with Crippen molar-refractivity contribution < 1.29 is 4.79 Å². The highest BCUT2D eigenvalue weighted by Gasteiger charge is 2.10. The third kappa shape index (κ3) is 3.11. The smallest absolute Gasteiger partial charge is 0.233 e. The second-order valence-electron chi connectivity index (χ2n) is 3.04. The third-order valence-corrected chi connectivity index (χ3v) is 2.27. The van der Waals surface area contributed by atoms with Gasteiger partial charge >= 0.3 is 0 Å². The van der Waals surface area contributed by atoms with Crippen LogP contribution in [0.3, 0.4) is 0 Å². The minimum atomic E-state index is -0.344. The number of anilines is 1. The lowest BCUT2D eigenvalue weighted by Gasteiger charge is -2.04. The fourth-order valence-electron chi connectivity index (χ4n) is 1.08. The molecule has 7 nitrogen and oxygen atoms in total. The predicted octanol–water partition coefficient (Wildman–Crippen LogP) is 1.08. The minimum absolute atomic E-state index is 0.0167. The number of aromatic amines is 1. The molecule has 0 spiro atoms. The van der Waals surface area contributed by atoms with E-state index in [9.17, 15) is 4.79 Å². The molecule has 2 aromatic heterocycles. The van der Waals surface area contributed by atoms with Crippen LogP contribution in [0.5, 0.6) is 0 Å². The maximum atomic E-state index is 11.6. The molecule has 0 fully saturated rings. The van der Waals surface area contributed by atoms with Gasteiger partial charge in [-0.3, -0.25) is 4.79 Å². The molecule has 2 N–H and O–H groups in total. The van der Waals surface area contributed by atoms with E-state index >= 15 is 0 Å². The predicted molar refractivity (Wildman–Crippen MR) is 60.8 cm³/mol. The van der Waals surface area contributed by atoms with Gasteiger partial charge in [-0.1, -0.05) is 28.4 Å². The topological polar surface area (TPSA) is 96.5 Å². The Morgan fingerprint density at radius 1 is 1.47 bits per heavy atom. The molecule has 0 aliphatic heterocycles. The first-order valence-electron chi connectivity index (χ1n) is 4.48. The van der Waals surface area contributed by atoms with Gasteiger partial charge in [0.25, 0.3) is 0 Å². The summed E-state index contributed by atoms with van der Waals surface area (Å²) in [5.41, 5.74) is 0. The lowest BCUT2D eigenvalue weighted by molar-refractivity contribution is -0.115. The van der Waals surface area contributed by atoms with Gasteiger partial charge in [-0.25, -0.2) is 4.98 Å². The molecule has 2 aromatic rings. The molecule has 0 atom stereocenters. The monoisotopic (exact) mass is 272 g/mol. The maximum absolute atomic E-state index is 11.6. The van der Waals surface area contributed by atoms with E-state index in [-0.39, 0.29) is 29.0 Å². The Kier molecular flexibility index (Phi) is 3.50. The van der Waals surface area contributed by atoms with Gasteiger partial charge in [0.05, 0.1) is 16.5 Å². The van der Waals surface area contributed by atoms with Crippen molar-refractivity contribution in [2.45, 2.75) is 6.42 Å². The van der Waals surface area contributed by atoms with Gasteiger partial charge < -0.3 is 5.32 Å². The standard InChI is InChI=1S/C8H6Cl2N6O/c9-4-1-5(10)8(11-3-4)12-7(17)2-6-13-15-16-14-6/h1,3H,2H2,(H,11,12,17)(H,13,14,15,16). The van der Waals surface area contributed by atoms with Crippen LogP contribution in [0.2, 0.25) is 10.0 Å². The zero-order valence-corrected chi connectivity index (χ0v) is 9.83. The number of pyridine rings is 1. The normalized spacial score (nSPS) is 10.2. The number of H-pyrrole nitrogens is 1. The number of hydrogen-bond acceptors (Lipinski definition) is 5. The van der Waals surface area contributed by atoms with Gasteiger partial charge in [-0.2, -0.15) is 5.21 Å². The van der Waals surface area contributed by atoms with E-state index in [1.54, 1.807) is 0 Å². The van der Waals surface area contributed by atoms with Crippen LogP contribution >= 0.6 is 23.2 Å². The highest BCUT2D eigenvalue weighted by Crippen LogP contribution is 2.22. The van der Waals surface area contributed by atoms with Gasteiger partial charge in [0.1, 0.15) is 0 Å². The average molecular weight is 273 g/mol. The van der Waals surface area contributed by atoms with Crippen LogP contribution in [0.4, 0.5) is 5.82 Å². The van der Waals surface area contributed by atoms with E-state index in [0.717, 1.165) is 0 Å². The van der Waals surface area contributed by atoms with Crippen LogP contribution in [0.1, 0.15) is 5.82 Å². The molecule has 2 heterocycles. The Balaban J connectivity index is 2.03. The minimum Gasteiger partial charge on any atom is -0.309 e. The van der Waals surface area contributed by atoms with Crippen molar-refractivity contribution in [3.05, 3.63) is 28.1 Å². The van der Waals surface area contributed by atoms with Gasteiger partial charge in [0, 0.05) is 6.20 Å². The highest BCUT2D eigenvalue weighted by atomic mass is 35.5. The molecule has 0 saturated heterocycles. The molecule has 1 amide bonds. The fraction of sp³-hybridized carbons (Fsp3) is 0.125. The first kappa shape index (κ1) is 11.7. The molecule has 0 aromatic carbocycles. The van der Waals surface area contributed by atoms with E-state index < -0.39 is 0 Å². The molecule has 0 bridgehead atoms. The van der Waals surface area contributed by atoms with E-state index in [1.807, 2.05) is 0 Å². The number of halogens is 2. The van der Waals surface area contributed by atoms with Gasteiger partial charge in [0.15, 0.2) is 11.6 Å². The summed E-state index contributed by atoms with van der Waals surface area (Å²) >= 11 is 11.5. The summed E-state index contributed by atoms with van der Waals surface area (Å²) in [7, 11) is 0. The number of hydrogen-bond donors (Lipinski definition) is 2. The quantitative estimate of drug-likeness (QED) is 0.872. The summed E-state index contributed by atoms with van der Waals surface area (Å²) in [6, 6.07) is 1.49. The molecule has 0 unspecified atom stereocenters. The SMILES string of the molecule is O=C(Cc1nn[nH]n1)Nc1ncc(Cl)cc1Cl. The summed E-state index contributed by atoms with van der Waals surface area (Å²) < 4.78 is 0. The van der Waals surface area contributed by atoms with E-state index in [4.69, 9.17) is 23.2 Å². The van der Waals surface area contributed by atoms with Crippen LogP contribution in [-0.2, 0) is 11.2 Å². The first-order chi connectivity index (χ1) is 8.15. The first-order valence-corrected chi connectivity index (χ1v) is 5.24. The number of nitrogens with zero attached hydrogens (tertiary/aromatic N) is 4. The van der Waals surface area contributed by atoms with Gasteiger partial charge in [-0.05, 0) is 6.07 Å². The van der Waals surface area contributed by atoms with Crippen molar-refractivity contribution in [3.8, 4) is 0 Å². The molecule has 2 rings (SSSR count). The molecular formula is C8H6Cl2N6O. The Morgan fingerprint density at radius 2 is 2.29 bits per heavy atom. The summed E-state index contributed by atoms with van der Waals surface area (Å²) in [6.07, 6.45) is 1.37. The number of rotatable bonds is 3. The summed E-state index contributed by atoms with van der Waals surface area (Å²) in [6.45, 7) is 0. The van der Waals surface area contributed by atoms with Crippen molar-refractivity contribution in [2.24, 2.45) is 0 Å². The number of nitrogens with one attached hydrogen (secondary N) is 2. The molecule has 9 heteroatoms. The molecule has 0 aliphatic carbocycles. The van der Waals surface area contributed by atoms with E-state index in [1.165, 1.54) is 12.3 Å². The van der Waals surface area contributed by atoms with Crippen LogP contribution in [0.15, 0.2) is 12.3 Å². The van der Waals surface area contributed by atoms with Crippen LogP contribution in [-0.4, -0.2) is 31.5 Å². The van der Waals surface area contributed by atoms with Crippen LogP contribution < -0.4 is 5.32 Å². The van der Waals surface area contributed by atoms with Crippen LogP contribution in [0, 0.1) is 0 Å². The maximum Gasteiger partial charge on any atom is 0.233 e. The lowest BCUT2D eigenvalue weighted by atomic mass is 10.3.